The van der Waals surface area contributed by atoms with Gasteiger partial charge in [-0.15, -0.1) is 0 Å². The van der Waals surface area contributed by atoms with Crippen molar-refractivity contribution in [3.8, 4) is 0 Å². The van der Waals surface area contributed by atoms with Crippen LogP contribution in [0.5, 0.6) is 0 Å². The van der Waals surface area contributed by atoms with E-state index in [1.807, 2.05) is 45.0 Å². The first kappa shape index (κ1) is 13.9. The molecule has 4 heteroatoms. The van der Waals surface area contributed by atoms with Gasteiger partial charge in [0.1, 0.15) is 5.60 Å². The Morgan fingerprint density at radius 1 is 1.26 bits per heavy atom. The number of carbonyl (C=O) groups excluding carboxylic acids is 1. The van der Waals surface area contributed by atoms with Gasteiger partial charge < -0.3 is 4.74 Å². The third-order valence-corrected chi connectivity index (χ3v) is 3.08. The average molecular weight is 321 g/mol. The van der Waals surface area contributed by atoms with Crippen LogP contribution in [0.1, 0.15) is 20.8 Å². The van der Waals surface area contributed by atoms with E-state index in [4.69, 9.17) is 4.74 Å². The van der Waals surface area contributed by atoms with Crippen LogP contribution >= 0.6 is 15.9 Å². The standard InChI is InChI=1S/C15H15BrNO2/c1-15(2,3)19-14(18)17-13-9-8-12(16)10-6-4-5-7-11(10)13/h4-8H,1-3H3,(H,17,18). The van der Waals surface area contributed by atoms with Gasteiger partial charge in [-0.05, 0) is 32.2 Å². The molecule has 0 aliphatic carbocycles. The number of benzene rings is 2. The molecule has 1 amide bonds. The van der Waals surface area contributed by atoms with Crippen molar-refractivity contribution in [3.05, 3.63) is 40.9 Å². The molecule has 0 atom stereocenters. The molecule has 2 aromatic rings. The van der Waals surface area contributed by atoms with Gasteiger partial charge in [-0.1, -0.05) is 40.2 Å². The molecule has 1 radical (unpaired) electrons. The summed E-state index contributed by atoms with van der Waals surface area (Å²) in [5.41, 5.74) is 0.1000. The van der Waals surface area contributed by atoms with E-state index in [1.54, 1.807) is 6.07 Å². The van der Waals surface area contributed by atoms with E-state index in [-0.39, 0.29) is 0 Å². The lowest BCUT2D eigenvalue weighted by Crippen LogP contribution is -2.27. The van der Waals surface area contributed by atoms with Crippen LogP contribution in [0.25, 0.3) is 10.8 Å². The molecule has 19 heavy (non-hydrogen) atoms. The highest BCUT2D eigenvalue weighted by Gasteiger charge is 2.17. The quantitative estimate of drug-likeness (QED) is 0.823. The highest BCUT2D eigenvalue weighted by Crippen LogP contribution is 2.29. The molecule has 1 N–H and O–H groups in total. The maximum atomic E-state index is 11.8. The van der Waals surface area contributed by atoms with Crippen molar-refractivity contribution >= 4 is 38.5 Å². The number of hydrogen-bond donors (Lipinski definition) is 1. The first-order chi connectivity index (χ1) is 8.87. The van der Waals surface area contributed by atoms with Crippen LogP contribution in [0.15, 0.2) is 34.8 Å². The predicted molar refractivity (Wildman–Crippen MR) is 80.3 cm³/mol. The van der Waals surface area contributed by atoms with E-state index in [2.05, 4.69) is 27.3 Å². The second kappa shape index (κ2) is 5.21. The number of carbonyl (C=O) groups is 1. The van der Waals surface area contributed by atoms with Gasteiger partial charge in [0, 0.05) is 15.9 Å². The number of rotatable bonds is 1. The minimum Gasteiger partial charge on any atom is -0.444 e. The number of halogens is 1. The van der Waals surface area contributed by atoms with Crippen molar-refractivity contribution in [2.75, 3.05) is 5.32 Å². The minimum atomic E-state index is -0.519. The zero-order valence-electron chi connectivity index (χ0n) is 11.1. The van der Waals surface area contributed by atoms with E-state index in [9.17, 15) is 4.79 Å². The molecule has 0 saturated carbocycles. The monoisotopic (exact) mass is 320 g/mol. The van der Waals surface area contributed by atoms with Gasteiger partial charge >= 0.3 is 6.09 Å². The number of hydrogen-bond acceptors (Lipinski definition) is 2. The van der Waals surface area contributed by atoms with E-state index < -0.39 is 11.7 Å². The van der Waals surface area contributed by atoms with Gasteiger partial charge in [0.05, 0.1) is 5.69 Å². The Morgan fingerprint density at radius 3 is 2.53 bits per heavy atom. The molecule has 0 aliphatic rings. The maximum absolute atomic E-state index is 11.8. The fraction of sp³-hybridized carbons (Fsp3) is 0.267. The van der Waals surface area contributed by atoms with Gasteiger partial charge in [-0.2, -0.15) is 0 Å². The summed E-state index contributed by atoms with van der Waals surface area (Å²) in [6.07, 6.45) is -0.476. The average Bonchev–Trinajstić information content (AvgIpc) is 2.31. The first-order valence-electron chi connectivity index (χ1n) is 5.96. The molecule has 2 rings (SSSR count). The van der Waals surface area contributed by atoms with Crippen LogP contribution in [0.2, 0.25) is 0 Å². The highest BCUT2D eigenvalue weighted by molar-refractivity contribution is 9.10. The zero-order valence-corrected chi connectivity index (χ0v) is 12.7. The van der Waals surface area contributed by atoms with Crippen LogP contribution in [0.4, 0.5) is 10.5 Å². The Morgan fingerprint density at radius 2 is 1.89 bits per heavy atom. The lowest BCUT2D eigenvalue weighted by Gasteiger charge is -2.20. The molecule has 0 saturated heterocycles. The molecule has 0 heterocycles. The number of nitrogens with one attached hydrogen (secondary N) is 1. The van der Waals surface area contributed by atoms with Crippen molar-refractivity contribution in [3.63, 3.8) is 0 Å². The summed E-state index contributed by atoms with van der Waals surface area (Å²) in [5, 5.41) is 4.67. The molecule has 2 aromatic carbocycles. The van der Waals surface area contributed by atoms with Crippen molar-refractivity contribution in [2.24, 2.45) is 0 Å². The third-order valence-electron chi connectivity index (χ3n) is 2.42. The lowest BCUT2D eigenvalue weighted by molar-refractivity contribution is 0.0636. The molecule has 0 fully saturated rings. The number of amides is 1. The molecular formula is C15H15BrNO2. The van der Waals surface area contributed by atoms with Crippen molar-refractivity contribution in [1.82, 2.24) is 0 Å². The largest absolute Gasteiger partial charge is 0.444 e. The van der Waals surface area contributed by atoms with Gasteiger partial charge in [-0.3, -0.25) is 5.32 Å². The summed E-state index contributed by atoms with van der Waals surface area (Å²) in [5.74, 6) is 0. The SMILES string of the molecule is CC(C)(C)OC(=O)Nc1[c]cc(Br)c2ccccc12. The Labute approximate surface area is 121 Å². The summed E-state index contributed by atoms with van der Waals surface area (Å²) in [6.45, 7) is 5.49. The van der Waals surface area contributed by atoms with E-state index >= 15 is 0 Å². The summed E-state index contributed by atoms with van der Waals surface area (Å²) >= 11 is 3.47. The molecule has 0 unspecified atom stereocenters. The Balaban J connectivity index is 2.31. The molecule has 99 valence electrons. The highest BCUT2D eigenvalue weighted by atomic mass is 79.9. The molecule has 0 aromatic heterocycles. The summed E-state index contributed by atoms with van der Waals surface area (Å²) in [6, 6.07) is 12.6. The van der Waals surface area contributed by atoms with E-state index in [0.717, 1.165) is 15.2 Å². The summed E-state index contributed by atoms with van der Waals surface area (Å²) in [4.78, 5) is 11.8. The fourth-order valence-electron chi connectivity index (χ4n) is 1.71. The summed E-state index contributed by atoms with van der Waals surface area (Å²) in [7, 11) is 0. The number of fused-ring (bicyclic) bond motifs is 1. The second-order valence-electron chi connectivity index (χ2n) is 5.18. The van der Waals surface area contributed by atoms with Crippen LogP contribution in [-0.4, -0.2) is 11.7 Å². The Kier molecular flexibility index (Phi) is 3.80. The van der Waals surface area contributed by atoms with Gasteiger partial charge in [0.25, 0.3) is 0 Å². The molecule has 0 spiro atoms. The smallest absolute Gasteiger partial charge is 0.412 e. The summed E-state index contributed by atoms with van der Waals surface area (Å²) < 4.78 is 6.18. The molecule has 0 aliphatic heterocycles. The van der Waals surface area contributed by atoms with Gasteiger partial charge in [0.15, 0.2) is 0 Å². The third kappa shape index (κ3) is 3.47. The molecule has 0 bridgehead atoms. The van der Waals surface area contributed by atoms with Gasteiger partial charge in [0.2, 0.25) is 0 Å². The predicted octanol–water partition coefficient (Wildman–Crippen LogP) is 4.75. The molecular weight excluding hydrogens is 306 g/mol. The zero-order chi connectivity index (χ0) is 14.0. The van der Waals surface area contributed by atoms with Crippen LogP contribution < -0.4 is 5.32 Å². The second-order valence-corrected chi connectivity index (χ2v) is 6.04. The van der Waals surface area contributed by atoms with Crippen molar-refractivity contribution in [2.45, 2.75) is 26.4 Å². The van der Waals surface area contributed by atoms with E-state index in [0.29, 0.717) is 5.69 Å². The molecule has 3 nitrogen and oxygen atoms in total. The minimum absolute atomic E-state index is 0.476. The normalized spacial score (nSPS) is 11.4. The van der Waals surface area contributed by atoms with Gasteiger partial charge in [-0.25, -0.2) is 4.79 Å². The maximum Gasteiger partial charge on any atom is 0.412 e. The van der Waals surface area contributed by atoms with Crippen molar-refractivity contribution in [1.29, 1.82) is 0 Å². The number of anilines is 1. The fourth-order valence-corrected chi connectivity index (χ4v) is 2.17. The first-order valence-corrected chi connectivity index (χ1v) is 6.75. The van der Waals surface area contributed by atoms with Crippen LogP contribution in [0.3, 0.4) is 0 Å². The van der Waals surface area contributed by atoms with E-state index in [1.165, 1.54) is 0 Å². The van der Waals surface area contributed by atoms with Crippen LogP contribution in [0, 0.1) is 6.07 Å². The topological polar surface area (TPSA) is 38.3 Å². The Bertz CT molecular complexity index is 617. The number of ether oxygens (including phenoxy) is 1. The lowest BCUT2D eigenvalue weighted by atomic mass is 10.1. The Hall–Kier alpha value is -1.55. The van der Waals surface area contributed by atoms with Crippen LogP contribution in [-0.2, 0) is 4.74 Å². The van der Waals surface area contributed by atoms with Crippen molar-refractivity contribution < 1.29 is 9.53 Å².